The molecular formula is C13H23NO. The number of nitrogens with one attached hydrogen (secondary N) is 1. The van der Waals surface area contributed by atoms with E-state index in [1.165, 1.54) is 0 Å². The zero-order valence-corrected chi connectivity index (χ0v) is 10.4. The largest absolute Gasteiger partial charge is 0.352 e. The molecule has 1 aliphatic heterocycles. The molecule has 1 heterocycles. The van der Waals surface area contributed by atoms with Crippen LogP contribution in [0, 0.1) is 0 Å². The molecule has 0 fully saturated rings. The summed E-state index contributed by atoms with van der Waals surface area (Å²) in [6.07, 6.45) is 4.15. The van der Waals surface area contributed by atoms with Crippen LogP contribution < -0.4 is 5.32 Å². The van der Waals surface area contributed by atoms with Crippen LogP contribution in [0.5, 0.6) is 0 Å². The summed E-state index contributed by atoms with van der Waals surface area (Å²) in [6.45, 7) is 15.9. The van der Waals surface area contributed by atoms with E-state index in [2.05, 4.69) is 18.5 Å². The van der Waals surface area contributed by atoms with E-state index in [1.54, 1.807) is 12.2 Å². The van der Waals surface area contributed by atoms with Gasteiger partial charge < -0.3 is 5.32 Å². The van der Waals surface area contributed by atoms with Crippen LogP contribution in [-0.4, -0.2) is 12.5 Å². The molecule has 0 atom stereocenters. The van der Waals surface area contributed by atoms with Crippen molar-refractivity contribution in [3.8, 4) is 0 Å². The molecule has 0 spiro atoms. The van der Waals surface area contributed by atoms with Gasteiger partial charge in [0.15, 0.2) is 0 Å². The molecular weight excluding hydrogens is 186 g/mol. The standard InChI is InChI=1S/C9H11NO.2C2H6/c1-3-7-5-6-10-9(11)8(7)4-2;2*1-2/h3-4H,1-2,5-6H2,(H,10,11);2*1-2H3. The predicted molar refractivity (Wildman–Crippen MR) is 67.7 cm³/mol. The molecule has 0 aromatic heterocycles. The van der Waals surface area contributed by atoms with E-state index in [4.69, 9.17) is 0 Å². The van der Waals surface area contributed by atoms with Crippen molar-refractivity contribution in [2.45, 2.75) is 34.1 Å². The molecule has 1 N–H and O–H groups in total. The van der Waals surface area contributed by atoms with E-state index in [1.807, 2.05) is 27.7 Å². The van der Waals surface area contributed by atoms with E-state index >= 15 is 0 Å². The molecule has 1 rings (SSSR count). The van der Waals surface area contributed by atoms with Gasteiger partial charge in [-0.25, -0.2) is 0 Å². The molecule has 2 nitrogen and oxygen atoms in total. The zero-order chi connectivity index (χ0) is 12.3. The Hall–Kier alpha value is -1.31. The normalized spacial score (nSPS) is 13.7. The first-order valence-electron chi connectivity index (χ1n) is 5.56. The van der Waals surface area contributed by atoms with Crippen LogP contribution >= 0.6 is 0 Å². The van der Waals surface area contributed by atoms with Gasteiger partial charge >= 0.3 is 0 Å². The third kappa shape index (κ3) is 5.21. The molecule has 0 radical (unpaired) electrons. The van der Waals surface area contributed by atoms with Gasteiger partial charge in [-0.05, 0) is 12.0 Å². The molecule has 1 amide bonds. The van der Waals surface area contributed by atoms with Crippen LogP contribution in [0.2, 0.25) is 0 Å². The Morgan fingerprint density at radius 2 is 1.67 bits per heavy atom. The maximum Gasteiger partial charge on any atom is 0.251 e. The van der Waals surface area contributed by atoms with Crippen LogP contribution in [0.1, 0.15) is 34.1 Å². The van der Waals surface area contributed by atoms with Gasteiger partial charge in [0.1, 0.15) is 0 Å². The molecule has 0 saturated carbocycles. The Bertz CT molecular complexity index is 239. The number of amides is 1. The lowest BCUT2D eigenvalue weighted by Gasteiger charge is -2.15. The molecule has 1 aliphatic rings. The fourth-order valence-electron chi connectivity index (χ4n) is 1.12. The second kappa shape index (κ2) is 10.8. The first-order valence-corrected chi connectivity index (χ1v) is 5.56. The molecule has 0 aliphatic carbocycles. The van der Waals surface area contributed by atoms with Gasteiger partial charge in [0.2, 0.25) is 0 Å². The Morgan fingerprint density at radius 1 is 1.13 bits per heavy atom. The first kappa shape index (κ1) is 16.1. The fraction of sp³-hybridized carbons (Fsp3) is 0.462. The highest BCUT2D eigenvalue weighted by Crippen LogP contribution is 2.14. The van der Waals surface area contributed by atoms with Crippen LogP contribution in [-0.2, 0) is 4.79 Å². The third-order valence-electron chi connectivity index (χ3n) is 1.72. The second-order valence-electron chi connectivity index (χ2n) is 2.35. The summed E-state index contributed by atoms with van der Waals surface area (Å²) in [4.78, 5) is 11.1. The van der Waals surface area contributed by atoms with E-state index in [0.717, 1.165) is 12.0 Å². The smallest absolute Gasteiger partial charge is 0.251 e. The number of hydrogen-bond acceptors (Lipinski definition) is 1. The van der Waals surface area contributed by atoms with Crippen LogP contribution in [0.15, 0.2) is 36.5 Å². The first-order chi connectivity index (χ1) is 7.29. The molecule has 0 aromatic carbocycles. The number of hydrogen-bond donors (Lipinski definition) is 1. The molecule has 0 aromatic rings. The van der Waals surface area contributed by atoms with Crippen LogP contribution in [0.3, 0.4) is 0 Å². The number of carbonyl (C=O) groups is 1. The van der Waals surface area contributed by atoms with Gasteiger partial charge in [0.25, 0.3) is 5.91 Å². The highest BCUT2D eigenvalue weighted by atomic mass is 16.1. The highest BCUT2D eigenvalue weighted by molar-refractivity contribution is 5.98. The number of carbonyl (C=O) groups excluding carboxylic acids is 1. The minimum absolute atomic E-state index is 0.0406. The molecule has 0 saturated heterocycles. The second-order valence-corrected chi connectivity index (χ2v) is 2.35. The Morgan fingerprint density at radius 3 is 2.00 bits per heavy atom. The molecule has 86 valence electrons. The van der Waals surface area contributed by atoms with Crippen molar-refractivity contribution < 1.29 is 4.79 Å². The quantitative estimate of drug-likeness (QED) is 0.743. The Labute approximate surface area is 93.8 Å². The summed E-state index contributed by atoms with van der Waals surface area (Å²) in [6, 6.07) is 0. The summed E-state index contributed by atoms with van der Waals surface area (Å²) >= 11 is 0. The monoisotopic (exact) mass is 209 g/mol. The van der Waals surface area contributed by atoms with Crippen molar-refractivity contribution in [2.24, 2.45) is 0 Å². The minimum Gasteiger partial charge on any atom is -0.352 e. The van der Waals surface area contributed by atoms with Gasteiger partial charge in [0, 0.05) is 12.1 Å². The topological polar surface area (TPSA) is 29.1 Å². The highest BCUT2D eigenvalue weighted by Gasteiger charge is 2.14. The summed E-state index contributed by atoms with van der Waals surface area (Å²) in [5.41, 5.74) is 1.65. The fourth-order valence-corrected chi connectivity index (χ4v) is 1.12. The summed E-state index contributed by atoms with van der Waals surface area (Å²) in [5.74, 6) is -0.0406. The maximum absolute atomic E-state index is 11.1. The van der Waals surface area contributed by atoms with Gasteiger partial charge in [0.05, 0.1) is 0 Å². The van der Waals surface area contributed by atoms with Gasteiger partial charge in [-0.3, -0.25) is 4.79 Å². The lowest BCUT2D eigenvalue weighted by molar-refractivity contribution is -0.117. The average Bonchev–Trinajstić information content (AvgIpc) is 2.33. The van der Waals surface area contributed by atoms with Crippen molar-refractivity contribution in [3.05, 3.63) is 36.5 Å². The zero-order valence-electron chi connectivity index (χ0n) is 10.4. The minimum atomic E-state index is -0.0406. The van der Waals surface area contributed by atoms with Crippen LogP contribution in [0.4, 0.5) is 0 Å². The van der Waals surface area contributed by atoms with Crippen molar-refractivity contribution in [2.75, 3.05) is 6.54 Å². The number of allylic oxidation sites excluding steroid dienone is 1. The van der Waals surface area contributed by atoms with Crippen molar-refractivity contribution in [3.63, 3.8) is 0 Å². The van der Waals surface area contributed by atoms with Gasteiger partial charge in [-0.15, -0.1) is 0 Å². The Balaban J connectivity index is 0. The Kier molecular flexibility index (Phi) is 11.6. The third-order valence-corrected chi connectivity index (χ3v) is 1.72. The molecule has 0 unspecified atom stereocenters. The maximum atomic E-state index is 11.1. The lowest BCUT2D eigenvalue weighted by atomic mass is 10.0. The summed E-state index contributed by atoms with van der Waals surface area (Å²) < 4.78 is 0. The SMILES string of the molecule is C=CC1=C(C=C)C(=O)NCC1.CC.CC. The summed E-state index contributed by atoms with van der Waals surface area (Å²) in [5, 5.41) is 2.73. The predicted octanol–water partition coefficient (Wildman–Crippen LogP) is 3.23. The lowest BCUT2D eigenvalue weighted by Crippen LogP contribution is -2.30. The van der Waals surface area contributed by atoms with E-state index in [-0.39, 0.29) is 5.91 Å². The number of rotatable bonds is 2. The van der Waals surface area contributed by atoms with Crippen LogP contribution in [0.25, 0.3) is 0 Å². The van der Waals surface area contributed by atoms with Crippen molar-refractivity contribution >= 4 is 5.91 Å². The van der Waals surface area contributed by atoms with Crippen molar-refractivity contribution in [1.29, 1.82) is 0 Å². The van der Waals surface area contributed by atoms with E-state index in [0.29, 0.717) is 12.1 Å². The summed E-state index contributed by atoms with van der Waals surface area (Å²) in [7, 11) is 0. The van der Waals surface area contributed by atoms with Crippen molar-refractivity contribution in [1.82, 2.24) is 5.32 Å². The van der Waals surface area contributed by atoms with E-state index in [9.17, 15) is 4.79 Å². The van der Waals surface area contributed by atoms with Gasteiger partial charge in [-0.2, -0.15) is 0 Å². The molecule has 0 bridgehead atoms. The van der Waals surface area contributed by atoms with Gasteiger partial charge in [-0.1, -0.05) is 53.0 Å². The average molecular weight is 209 g/mol. The van der Waals surface area contributed by atoms with E-state index < -0.39 is 0 Å². The molecule has 15 heavy (non-hydrogen) atoms. The molecule has 2 heteroatoms.